The van der Waals surface area contributed by atoms with Gasteiger partial charge in [-0.1, -0.05) is 12.1 Å². The number of aromatic nitrogens is 1. The Morgan fingerprint density at radius 3 is 3.05 bits per heavy atom. The van der Waals surface area contributed by atoms with Crippen LogP contribution in [0.4, 0.5) is 5.69 Å². The minimum Gasteiger partial charge on any atom is -0.380 e. The highest BCUT2D eigenvalue weighted by Crippen LogP contribution is 2.30. The third-order valence-electron chi connectivity index (χ3n) is 3.53. The Labute approximate surface area is 121 Å². The van der Waals surface area contributed by atoms with Crippen molar-refractivity contribution in [1.82, 2.24) is 4.98 Å². The smallest absolute Gasteiger partial charge is 0.0934 e. The Hall–Kier alpha value is -1.13. The van der Waals surface area contributed by atoms with Crippen LogP contribution in [0.1, 0.15) is 19.8 Å². The Morgan fingerprint density at radius 1 is 1.42 bits per heavy atom. The lowest BCUT2D eigenvalue weighted by molar-refractivity contribution is 0.00301. The van der Waals surface area contributed by atoms with Crippen molar-refractivity contribution in [2.24, 2.45) is 0 Å². The summed E-state index contributed by atoms with van der Waals surface area (Å²) in [5, 5.41) is 4.72. The van der Waals surface area contributed by atoms with Gasteiger partial charge in [-0.05, 0) is 47.8 Å². The van der Waals surface area contributed by atoms with Gasteiger partial charge in [0, 0.05) is 28.7 Å². The summed E-state index contributed by atoms with van der Waals surface area (Å²) in [5.41, 5.74) is 2.15. The summed E-state index contributed by atoms with van der Waals surface area (Å²) in [6.45, 7) is 2.86. The van der Waals surface area contributed by atoms with Crippen molar-refractivity contribution in [3.05, 3.63) is 34.9 Å². The molecule has 3 nitrogen and oxygen atoms in total. The van der Waals surface area contributed by atoms with E-state index in [4.69, 9.17) is 4.74 Å². The van der Waals surface area contributed by atoms with Gasteiger partial charge in [-0.3, -0.25) is 4.98 Å². The van der Waals surface area contributed by atoms with Gasteiger partial charge < -0.3 is 10.1 Å². The number of rotatable bonds is 4. The zero-order valence-electron chi connectivity index (χ0n) is 10.9. The number of hydrogen-bond donors (Lipinski definition) is 1. The lowest BCUT2D eigenvalue weighted by Gasteiger charge is -2.36. The molecule has 1 fully saturated rings. The second-order valence-electron chi connectivity index (χ2n) is 4.92. The summed E-state index contributed by atoms with van der Waals surface area (Å²) >= 11 is 3.46. The third-order valence-corrected chi connectivity index (χ3v) is 3.97. The van der Waals surface area contributed by atoms with Gasteiger partial charge in [-0.25, -0.2) is 0 Å². The largest absolute Gasteiger partial charge is 0.380 e. The molecule has 0 bridgehead atoms. The fourth-order valence-corrected chi connectivity index (χ4v) is 2.87. The van der Waals surface area contributed by atoms with E-state index >= 15 is 0 Å². The van der Waals surface area contributed by atoms with E-state index in [1.165, 1.54) is 0 Å². The zero-order valence-corrected chi connectivity index (χ0v) is 12.5. The van der Waals surface area contributed by atoms with Crippen LogP contribution in [-0.4, -0.2) is 23.7 Å². The average molecular weight is 321 g/mol. The van der Waals surface area contributed by atoms with Crippen LogP contribution in [0, 0.1) is 0 Å². The van der Waals surface area contributed by atoms with E-state index < -0.39 is 0 Å². The summed E-state index contributed by atoms with van der Waals surface area (Å²) in [7, 11) is 0. The molecule has 0 aliphatic heterocycles. The number of fused-ring (bicyclic) bond motifs is 1. The van der Waals surface area contributed by atoms with Crippen molar-refractivity contribution in [3.8, 4) is 0 Å². The molecule has 4 heteroatoms. The molecule has 0 amide bonds. The maximum absolute atomic E-state index is 5.59. The topological polar surface area (TPSA) is 34.1 Å². The van der Waals surface area contributed by atoms with Gasteiger partial charge in [0.2, 0.25) is 0 Å². The number of benzene rings is 1. The van der Waals surface area contributed by atoms with E-state index in [-0.39, 0.29) is 0 Å². The van der Waals surface area contributed by atoms with Gasteiger partial charge in [-0.15, -0.1) is 0 Å². The third kappa shape index (κ3) is 2.74. The summed E-state index contributed by atoms with van der Waals surface area (Å²) in [6, 6.07) is 8.85. The number of pyridine rings is 1. The molecule has 100 valence electrons. The molecule has 1 N–H and O–H groups in total. The van der Waals surface area contributed by atoms with Crippen molar-refractivity contribution in [2.75, 3.05) is 11.9 Å². The maximum Gasteiger partial charge on any atom is 0.0934 e. The van der Waals surface area contributed by atoms with Crippen molar-refractivity contribution in [1.29, 1.82) is 0 Å². The Kier molecular flexibility index (Phi) is 3.71. The second-order valence-corrected chi connectivity index (χ2v) is 5.84. The van der Waals surface area contributed by atoms with Crippen molar-refractivity contribution in [2.45, 2.75) is 31.9 Å². The van der Waals surface area contributed by atoms with Gasteiger partial charge in [0.1, 0.15) is 0 Å². The second kappa shape index (κ2) is 5.47. The predicted octanol–water partition coefficient (Wildman–Crippen LogP) is 3.98. The fourth-order valence-electron chi connectivity index (χ4n) is 2.53. The molecule has 1 aromatic carbocycles. The van der Waals surface area contributed by atoms with Crippen LogP contribution in [0.15, 0.2) is 34.9 Å². The minimum atomic E-state index is 0.430. The van der Waals surface area contributed by atoms with Crippen LogP contribution in [0.3, 0.4) is 0 Å². The molecule has 1 aromatic heterocycles. The number of nitrogens with zero attached hydrogens (tertiary/aromatic N) is 1. The summed E-state index contributed by atoms with van der Waals surface area (Å²) in [4.78, 5) is 4.51. The summed E-state index contributed by atoms with van der Waals surface area (Å²) in [5.74, 6) is 0. The number of nitrogens with one attached hydrogen (secondary N) is 1. The van der Waals surface area contributed by atoms with Gasteiger partial charge >= 0.3 is 0 Å². The SMILES string of the molecule is CCOC1CC(Nc2cccc3cc(Br)cnc23)C1. The molecule has 1 heterocycles. The van der Waals surface area contributed by atoms with E-state index in [1.54, 1.807) is 0 Å². The summed E-state index contributed by atoms with van der Waals surface area (Å²) < 4.78 is 6.60. The molecule has 0 spiro atoms. The monoisotopic (exact) mass is 320 g/mol. The number of anilines is 1. The Bertz CT molecular complexity index is 581. The van der Waals surface area contributed by atoms with Crippen LogP contribution in [0.5, 0.6) is 0 Å². The van der Waals surface area contributed by atoms with E-state index in [0.717, 1.165) is 40.5 Å². The molecular weight excluding hydrogens is 304 g/mol. The van der Waals surface area contributed by atoms with Crippen LogP contribution in [0.25, 0.3) is 10.9 Å². The maximum atomic E-state index is 5.59. The van der Waals surface area contributed by atoms with E-state index in [2.05, 4.69) is 50.5 Å². The number of para-hydroxylation sites is 1. The zero-order chi connectivity index (χ0) is 13.2. The predicted molar refractivity (Wildman–Crippen MR) is 81.5 cm³/mol. The first-order chi connectivity index (χ1) is 9.26. The minimum absolute atomic E-state index is 0.430. The van der Waals surface area contributed by atoms with Crippen molar-refractivity contribution >= 4 is 32.5 Å². The molecule has 0 radical (unpaired) electrons. The molecule has 3 rings (SSSR count). The Balaban J connectivity index is 1.75. The summed E-state index contributed by atoms with van der Waals surface area (Å²) in [6.07, 6.45) is 4.44. The highest BCUT2D eigenvalue weighted by atomic mass is 79.9. The number of halogens is 1. The van der Waals surface area contributed by atoms with Crippen molar-refractivity contribution in [3.63, 3.8) is 0 Å². The highest BCUT2D eigenvalue weighted by molar-refractivity contribution is 9.10. The van der Waals surface area contributed by atoms with Gasteiger partial charge in [0.25, 0.3) is 0 Å². The first-order valence-corrected chi connectivity index (χ1v) is 7.48. The molecule has 2 aromatic rings. The van der Waals surface area contributed by atoms with Gasteiger partial charge in [0.05, 0.1) is 17.3 Å². The van der Waals surface area contributed by atoms with E-state index in [0.29, 0.717) is 12.1 Å². The molecular formula is C15H17BrN2O. The lowest BCUT2D eigenvalue weighted by atomic mass is 9.89. The van der Waals surface area contributed by atoms with Crippen LogP contribution in [-0.2, 0) is 4.74 Å². The quantitative estimate of drug-likeness (QED) is 0.925. The molecule has 0 atom stereocenters. The first-order valence-electron chi connectivity index (χ1n) is 6.68. The Morgan fingerprint density at radius 2 is 2.26 bits per heavy atom. The molecule has 1 aliphatic rings. The molecule has 19 heavy (non-hydrogen) atoms. The fraction of sp³-hybridized carbons (Fsp3) is 0.400. The van der Waals surface area contributed by atoms with Crippen molar-refractivity contribution < 1.29 is 4.74 Å². The molecule has 0 saturated heterocycles. The van der Waals surface area contributed by atoms with Crippen LogP contribution < -0.4 is 5.32 Å². The van der Waals surface area contributed by atoms with E-state index in [9.17, 15) is 0 Å². The molecule has 1 saturated carbocycles. The van der Waals surface area contributed by atoms with Crippen LogP contribution >= 0.6 is 15.9 Å². The normalized spacial score (nSPS) is 22.2. The number of ether oxygens (including phenoxy) is 1. The molecule has 1 aliphatic carbocycles. The first kappa shape index (κ1) is 12.9. The van der Waals surface area contributed by atoms with Crippen LogP contribution in [0.2, 0.25) is 0 Å². The van der Waals surface area contributed by atoms with E-state index in [1.807, 2.05) is 13.1 Å². The van der Waals surface area contributed by atoms with Gasteiger partial charge in [-0.2, -0.15) is 0 Å². The number of hydrogen-bond acceptors (Lipinski definition) is 3. The highest BCUT2D eigenvalue weighted by Gasteiger charge is 2.29. The standard InChI is InChI=1S/C15H17BrN2O/c1-2-19-13-7-12(8-13)18-14-5-3-4-10-6-11(16)9-17-15(10)14/h3-6,9,12-13,18H,2,7-8H2,1H3. The van der Waals surface area contributed by atoms with Gasteiger partial charge in [0.15, 0.2) is 0 Å². The molecule has 0 unspecified atom stereocenters. The average Bonchev–Trinajstić information content (AvgIpc) is 2.36. The lowest BCUT2D eigenvalue weighted by Crippen LogP contribution is -2.40.